The number of hydrogen-bond acceptors (Lipinski definition) is 3. The van der Waals surface area contributed by atoms with E-state index in [0.717, 1.165) is 0 Å². The number of rotatable bonds is 2. The van der Waals surface area contributed by atoms with Crippen molar-refractivity contribution in [3.63, 3.8) is 0 Å². The molecule has 0 unspecified atom stereocenters. The lowest BCUT2D eigenvalue weighted by Gasteiger charge is -2.00. The lowest BCUT2D eigenvalue weighted by molar-refractivity contribution is 0.561. The maximum atomic E-state index is 13.2. The Labute approximate surface area is 97.1 Å². The van der Waals surface area contributed by atoms with Gasteiger partial charge in [0, 0.05) is 12.0 Å². The Kier molecular flexibility index (Phi) is 3.06. The number of hydrogen-bond donors (Lipinski definition) is 0. The Hall–Kier alpha value is -0.880. The lowest BCUT2D eigenvalue weighted by Crippen LogP contribution is -1.96. The van der Waals surface area contributed by atoms with Crippen molar-refractivity contribution in [3.8, 4) is 0 Å². The monoisotopic (exact) mass is 290 g/mol. The average molecular weight is 291 g/mol. The SMILES string of the molecule is Fc1cccc(F)c1Cc1nnc(Br)s1. The molecule has 0 atom stereocenters. The van der Waals surface area contributed by atoms with Crippen LogP contribution in [-0.2, 0) is 6.42 Å². The van der Waals surface area contributed by atoms with E-state index in [9.17, 15) is 8.78 Å². The van der Waals surface area contributed by atoms with Crippen LogP contribution < -0.4 is 0 Å². The first-order chi connectivity index (χ1) is 7.16. The molecular weight excluding hydrogens is 286 g/mol. The summed E-state index contributed by atoms with van der Waals surface area (Å²) < 4.78 is 27.1. The van der Waals surface area contributed by atoms with Crippen molar-refractivity contribution >= 4 is 27.3 Å². The predicted molar refractivity (Wildman–Crippen MR) is 56.8 cm³/mol. The molecule has 1 aromatic heterocycles. The zero-order valence-electron chi connectivity index (χ0n) is 7.38. The molecule has 0 amide bonds. The number of aromatic nitrogens is 2. The minimum atomic E-state index is -0.554. The second kappa shape index (κ2) is 4.32. The van der Waals surface area contributed by atoms with Crippen LogP contribution in [0.2, 0.25) is 0 Å². The molecule has 2 aromatic rings. The molecule has 0 aliphatic heterocycles. The van der Waals surface area contributed by atoms with Gasteiger partial charge in [-0.2, -0.15) is 0 Å². The Bertz CT molecular complexity index is 466. The van der Waals surface area contributed by atoms with Gasteiger partial charge in [0.05, 0.1) is 0 Å². The van der Waals surface area contributed by atoms with E-state index in [1.54, 1.807) is 0 Å². The summed E-state index contributed by atoms with van der Waals surface area (Å²) in [6.45, 7) is 0. The Balaban J connectivity index is 2.31. The van der Waals surface area contributed by atoms with E-state index in [1.165, 1.54) is 29.5 Å². The van der Waals surface area contributed by atoms with Crippen LogP contribution in [0.3, 0.4) is 0 Å². The highest BCUT2D eigenvalue weighted by Crippen LogP contribution is 2.21. The maximum absolute atomic E-state index is 13.2. The van der Waals surface area contributed by atoms with Gasteiger partial charge in [0.1, 0.15) is 16.6 Å². The summed E-state index contributed by atoms with van der Waals surface area (Å²) in [4.78, 5) is 0. The van der Waals surface area contributed by atoms with Crippen LogP contribution in [0.5, 0.6) is 0 Å². The molecule has 1 aromatic carbocycles. The molecule has 0 spiro atoms. The Morgan fingerprint density at radius 2 is 1.87 bits per heavy atom. The zero-order chi connectivity index (χ0) is 10.8. The van der Waals surface area contributed by atoms with E-state index in [4.69, 9.17) is 0 Å². The fraction of sp³-hybridized carbons (Fsp3) is 0.111. The van der Waals surface area contributed by atoms with E-state index in [2.05, 4.69) is 26.1 Å². The van der Waals surface area contributed by atoms with Gasteiger partial charge in [-0.1, -0.05) is 17.4 Å². The van der Waals surface area contributed by atoms with Crippen LogP contribution in [0.25, 0.3) is 0 Å². The second-order valence-corrected chi connectivity index (χ2v) is 5.16. The molecule has 78 valence electrons. The van der Waals surface area contributed by atoms with Crippen molar-refractivity contribution in [2.24, 2.45) is 0 Å². The molecule has 0 radical (unpaired) electrons. The summed E-state index contributed by atoms with van der Waals surface area (Å²) in [5.74, 6) is -1.11. The van der Waals surface area contributed by atoms with Gasteiger partial charge in [-0.15, -0.1) is 10.2 Å². The maximum Gasteiger partial charge on any atom is 0.183 e. The first-order valence-corrected chi connectivity index (χ1v) is 5.68. The largest absolute Gasteiger partial charge is 0.207 e. The van der Waals surface area contributed by atoms with Gasteiger partial charge >= 0.3 is 0 Å². The first kappa shape index (κ1) is 10.6. The van der Waals surface area contributed by atoms with Crippen LogP contribution in [0.15, 0.2) is 22.1 Å². The van der Waals surface area contributed by atoms with Crippen LogP contribution >= 0.6 is 27.3 Å². The van der Waals surface area contributed by atoms with Crippen LogP contribution in [0, 0.1) is 11.6 Å². The molecular formula is C9H5BrF2N2S. The lowest BCUT2D eigenvalue weighted by atomic mass is 10.1. The van der Waals surface area contributed by atoms with Crippen molar-refractivity contribution < 1.29 is 8.78 Å². The van der Waals surface area contributed by atoms with Gasteiger partial charge in [-0.3, -0.25) is 0 Å². The summed E-state index contributed by atoms with van der Waals surface area (Å²) in [5, 5.41) is 8.07. The summed E-state index contributed by atoms with van der Waals surface area (Å²) in [6.07, 6.45) is 0.127. The molecule has 0 fully saturated rings. The van der Waals surface area contributed by atoms with E-state index in [1.807, 2.05) is 0 Å². The second-order valence-electron chi connectivity index (χ2n) is 2.83. The molecule has 1 heterocycles. The number of nitrogens with zero attached hydrogens (tertiary/aromatic N) is 2. The van der Waals surface area contributed by atoms with Crippen molar-refractivity contribution in [1.82, 2.24) is 10.2 Å². The fourth-order valence-electron chi connectivity index (χ4n) is 1.16. The molecule has 0 aliphatic rings. The van der Waals surface area contributed by atoms with Crippen LogP contribution in [0.4, 0.5) is 8.78 Å². The van der Waals surface area contributed by atoms with Gasteiger partial charge in [0.2, 0.25) is 0 Å². The summed E-state index contributed by atoms with van der Waals surface area (Å²) in [5.41, 5.74) is 0.0288. The van der Waals surface area contributed by atoms with E-state index >= 15 is 0 Å². The molecule has 0 N–H and O–H groups in total. The molecule has 0 aliphatic carbocycles. The predicted octanol–water partition coefficient (Wildman–Crippen LogP) is 3.17. The quantitative estimate of drug-likeness (QED) is 0.849. The van der Waals surface area contributed by atoms with Crippen LogP contribution in [-0.4, -0.2) is 10.2 Å². The summed E-state index contributed by atoms with van der Waals surface area (Å²) >= 11 is 4.40. The minimum absolute atomic E-state index is 0.0288. The van der Waals surface area contributed by atoms with E-state index in [-0.39, 0.29) is 12.0 Å². The average Bonchev–Trinajstić information content (AvgIpc) is 2.58. The number of benzene rings is 1. The third-order valence-corrected chi connectivity index (χ3v) is 3.19. The first-order valence-electron chi connectivity index (χ1n) is 4.07. The van der Waals surface area contributed by atoms with Crippen molar-refractivity contribution in [3.05, 3.63) is 44.3 Å². The molecule has 0 saturated carbocycles. The third kappa shape index (κ3) is 2.38. The Morgan fingerprint density at radius 1 is 1.20 bits per heavy atom. The van der Waals surface area contributed by atoms with Crippen molar-refractivity contribution in [2.45, 2.75) is 6.42 Å². The highest BCUT2D eigenvalue weighted by molar-refractivity contribution is 9.11. The molecule has 0 saturated heterocycles. The smallest absolute Gasteiger partial charge is 0.183 e. The van der Waals surface area contributed by atoms with E-state index in [0.29, 0.717) is 8.92 Å². The zero-order valence-corrected chi connectivity index (χ0v) is 9.78. The Morgan fingerprint density at radius 3 is 2.40 bits per heavy atom. The van der Waals surface area contributed by atoms with Crippen molar-refractivity contribution in [2.75, 3.05) is 0 Å². The highest BCUT2D eigenvalue weighted by Gasteiger charge is 2.11. The van der Waals surface area contributed by atoms with Crippen LogP contribution in [0.1, 0.15) is 10.6 Å². The van der Waals surface area contributed by atoms with E-state index < -0.39 is 11.6 Å². The van der Waals surface area contributed by atoms with Gasteiger partial charge < -0.3 is 0 Å². The molecule has 0 bridgehead atoms. The van der Waals surface area contributed by atoms with Gasteiger partial charge in [-0.05, 0) is 28.1 Å². The fourth-order valence-corrected chi connectivity index (χ4v) is 2.37. The number of halogens is 3. The molecule has 2 rings (SSSR count). The summed E-state index contributed by atoms with van der Waals surface area (Å²) in [7, 11) is 0. The standard InChI is InChI=1S/C9H5BrF2N2S/c10-9-14-13-8(15-9)4-5-6(11)2-1-3-7(5)12/h1-3H,4H2. The van der Waals surface area contributed by atoms with Gasteiger partial charge in [-0.25, -0.2) is 8.78 Å². The normalized spacial score (nSPS) is 10.6. The van der Waals surface area contributed by atoms with Crippen molar-refractivity contribution in [1.29, 1.82) is 0 Å². The third-order valence-electron chi connectivity index (χ3n) is 1.83. The minimum Gasteiger partial charge on any atom is -0.207 e. The molecule has 15 heavy (non-hydrogen) atoms. The van der Waals surface area contributed by atoms with Gasteiger partial charge in [0.25, 0.3) is 0 Å². The molecule has 2 nitrogen and oxygen atoms in total. The summed E-state index contributed by atoms with van der Waals surface area (Å²) in [6, 6.07) is 3.80. The topological polar surface area (TPSA) is 25.8 Å². The van der Waals surface area contributed by atoms with Gasteiger partial charge in [0.15, 0.2) is 3.92 Å². The highest BCUT2D eigenvalue weighted by atomic mass is 79.9. The molecule has 6 heteroatoms.